The van der Waals surface area contributed by atoms with Gasteiger partial charge in [-0.05, 0) is 51.7 Å². The van der Waals surface area contributed by atoms with Crippen molar-refractivity contribution in [3.8, 4) is 5.88 Å². The number of azo groups is 1. The van der Waals surface area contributed by atoms with Gasteiger partial charge >= 0.3 is 0 Å². The SMILES string of the molecule is CN=NC(CN1CCCC2(CCN(c3nc(C)cc(C)n3)CC2)C1=O)C(=N)c1cccc(OC)n1. The molecule has 2 aromatic rings. The van der Waals surface area contributed by atoms with E-state index >= 15 is 0 Å². The molecule has 2 aliphatic rings. The van der Waals surface area contributed by atoms with E-state index in [4.69, 9.17) is 10.1 Å². The number of hydrogen-bond donors (Lipinski definition) is 1. The van der Waals surface area contributed by atoms with Crippen LogP contribution < -0.4 is 9.64 Å². The molecular formula is C25H34N8O2. The van der Waals surface area contributed by atoms with Gasteiger partial charge in [0.2, 0.25) is 17.7 Å². The largest absolute Gasteiger partial charge is 0.481 e. The fraction of sp³-hybridized carbons (Fsp3) is 0.560. The van der Waals surface area contributed by atoms with Gasteiger partial charge in [-0.3, -0.25) is 4.79 Å². The molecule has 10 heteroatoms. The third-order valence-corrected chi connectivity index (χ3v) is 6.99. The Balaban J connectivity index is 1.46. The quantitative estimate of drug-likeness (QED) is 0.482. The Hall–Kier alpha value is -3.43. The lowest BCUT2D eigenvalue weighted by Gasteiger charge is -2.46. The number of likely N-dealkylation sites (tertiary alicyclic amines) is 1. The van der Waals surface area contributed by atoms with Crippen molar-refractivity contribution in [2.75, 3.05) is 45.2 Å². The summed E-state index contributed by atoms with van der Waals surface area (Å²) < 4.78 is 5.20. The molecule has 186 valence electrons. The molecule has 2 aliphatic heterocycles. The molecule has 0 saturated carbocycles. The Morgan fingerprint density at radius 3 is 2.51 bits per heavy atom. The van der Waals surface area contributed by atoms with Crippen LogP contribution in [0, 0.1) is 24.7 Å². The Bertz CT molecular complexity index is 1090. The zero-order valence-corrected chi connectivity index (χ0v) is 21.0. The normalized spacial score (nSPS) is 18.8. The average molecular weight is 479 g/mol. The van der Waals surface area contributed by atoms with Crippen LogP contribution in [0.5, 0.6) is 5.88 Å². The molecule has 2 saturated heterocycles. The van der Waals surface area contributed by atoms with Gasteiger partial charge in [-0.15, -0.1) is 0 Å². The molecular weight excluding hydrogens is 444 g/mol. The number of aromatic nitrogens is 3. The van der Waals surface area contributed by atoms with E-state index in [2.05, 4.69) is 30.1 Å². The molecule has 2 fully saturated rings. The van der Waals surface area contributed by atoms with Crippen molar-refractivity contribution in [2.24, 2.45) is 15.6 Å². The topological polar surface area (TPSA) is 120 Å². The molecule has 4 heterocycles. The van der Waals surface area contributed by atoms with Crippen molar-refractivity contribution in [1.82, 2.24) is 19.9 Å². The summed E-state index contributed by atoms with van der Waals surface area (Å²) >= 11 is 0. The van der Waals surface area contributed by atoms with Gasteiger partial charge in [0.05, 0.1) is 30.5 Å². The number of aryl methyl sites for hydroxylation is 2. The van der Waals surface area contributed by atoms with E-state index in [9.17, 15) is 4.79 Å². The lowest BCUT2D eigenvalue weighted by molar-refractivity contribution is -0.148. The number of ether oxygens (including phenoxy) is 1. The zero-order valence-electron chi connectivity index (χ0n) is 21.0. The molecule has 0 aromatic carbocycles. The average Bonchev–Trinajstić information content (AvgIpc) is 2.86. The second kappa shape index (κ2) is 10.5. The Morgan fingerprint density at radius 1 is 1.14 bits per heavy atom. The summed E-state index contributed by atoms with van der Waals surface area (Å²) in [5, 5.41) is 16.9. The van der Waals surface area contributed by atoms with Crippen LogP contribution in [-0.4, -0.2) is 77.8 Å². The molecule has 1 unspecified atom stereocenters. The molecule has 1 spiro atoms. The molecule has 1 atom stereocenters. The predicted octanol–water partition coefficient (Wildman–Crippen LogP) is 3.22. The summed E-state index contributed by atoms with van der Waals surface area (Å²) in [5.74, 6) is 1.35. The Morgan fingerprint density at radius 2 is 1.86 bits per heavy atom. The number of methoxy groups -OCH3 is 1. The summed E-state index contributed by atoms with van der Waals surface area (Å²) in [4.78, 5) is 31.4. The molecule has 35 heavy (non-hydrogen) atoms. The number of nitrogens with one attached hydrogen (secondary N) is 1. The maximum atomic E-state index is 13.8. The molecule has 4 rings (SSSR count). The number of pyridine rings is 1. The number of nitrogens with zero attached hydrogens (tertiary/aromatic N) is 7. The molecule has 0 radical (unpaired) electrons. The van der Waals surface area contributed by atoms with Gasteiger partial charge in [0.25, 0.3) is 0 Å². The van der Waals surface area contributed by atoms with Crippen LogP contribution in [0.4, 0.5) is 5.95 Å². The molecule has 0 aliphatic carbocycles. The lowest BCUT2D eigenvalue weighted by atomic mass is 9.71. The first-order chi connectivity index (χ1) is 16.8. The summed E-state index contributed by atoms with van der Waals surface area (Å²) in [5.41, 5.74) is 2.23. The third kappa shape index (κ3) is 5.31. The summed E-state index contributed by atoms with van der Waals surface area (Å²) in [6.07, 6.45) is 3.37. The molecule has 1 amide bonds. The van der Waals surface area contributed by atoms with E-state index in [1.165, 1.54) is 0 Å². The van der Waals surface area contributed by atoms with Gasteiger partial charge in [0.15, 0.2) is 0 Å². The minimum Gasteiger partial charge on any atom is -0.481 e. The standard InChI is InChI=1S/C25H34N8O2/c1-17-15-18(2)29-24(28-17)32-13-10-25(11-14-32)9-6-12-33(23(25)34)16-20(31-27-3)22(26)19-7-5-8-21(30-19)35-4/h5,7-8,15,20,26H,6,9-14,16H2,1-4H3. The minimum absolute atomic E-state index is 0.160. The van der Waals surface area contributed by atoms with Crippen LogP contribution in [0.15, 0.2) is 34.5 Å². The van der Waals surface area contributed by atoms with E-state index in [1.54, 1.807) is 32.4 Å². The van der Waals surface area contributed by atoms with Crippen molar-refractivity contribution in [1.29, 1.82) is 5.41 Å². The molecule has 10 nitrogen and oxygen atoms in total. The molecule has 1 N–H and O–H groups in total. The van der Waals surface area contributed by atoms with E-state index in [0.717, 1.165) is 56.1 Å². The van der Waals surface area contributed by atoms with Crippen molar-refractivity contribution in [3.05, 3.63) is 41.3 Å². The monoisotopic (exact) mass is 478 g/mol. The van der Waals surface area contributed by atoms with Crippen molar-refractivity contribution >= 4 is 17.6 Å². The number of carbonyl (C=O) groups is 1. The summed E-state index contributed by atoms with van der Waals surface area (Å²) in [6, 6.07) is 6.68. The number of hydrogen-bond acceptors (Lipinski definition) is 9. The smallest absolute Gasteiger partial charge is 0.229 e. The van der Waals surface area contributed by atoms with Crippen LogP contribution in [0.25, 0.3) is 0 Å². The summed E-state index contributed by atoms with van der Waals surface area (Å²) in [6.45, 7) is 6.45. The second-order valence-corrected chi connectivity index (χ2v) is 9.38. The van der Waals surface area contributed by atoms with Gasteiger partial charge in [0.1, 0.15) is 6.04 Å². The highest BCUT2D eigenvalue weighted by molar-refractivity contribution is 6.01. The number of amides is 1. The number of carbonyl (C=O) groups excluding carboxylic acids is 1. The first-order valence-electron chi connectivity index (χ1n) is 12.1. The summed E-state index contributed by atoms with van der Waals surface area (Å²) in [7, 11) is 3.13. The highest BCUT2D eigenvalue weighted by Crippen LogP contribution is 2.41. The first kappa shape index (κ1) is 24.7. The van der Waals surface area contributed by atoms with Gasteiger partial charge in [-0.1, -0.05) is 6.07 Å². The lowest BCUT2D eigenvalue weighted by Crippen LogP contribution is -2.55. The maximum Gasteiger partial charge on any atom is 0.229 e. The third-order valence-electron chi connectivity index (χ3n) is 6.99. The minimum atomic E-state index is -0.581. The van der Waals surface area contributed by atoms with Crippen LogP contribution in [-0.2, 0) is 4.79 Å². The van der Waals surface area contributed by atoms with Gasteiger partial charge in [0, 0.05) is 44.1 Å². The Labute approximate surface area is 206 Å². The van der Waals surface area contributed by atoms with Gasteiger partial charge in [-0.2, -0.15) is 10.2 Å². The van der Waals surface area contributed by atoms with Crippen LogP contribution in [0.2, 0.25) is 0 Å². The molecule has 2 aromatic heterocycles. The predicted molar refractivity (Wildman–Crippen MR) is 133 cm³/mol. The van der Waals surface area contributed by atoms with Crippen LogP contribution in [0.3, 0.4) is 0 Å². The molecule has 0 bridgehead atoms. The van der Waals surface area contributed by atoms with E-state index in [0.29, 0.717) is 24.7 Å². The number of rotatable bonds is 7. The van der Waals surface area contributed by atoms with Crippen molar-refractivity contribution in [2.45, 2.75) is 45.6 Å². The first-order valence-corrected chi connectivity index (χ1v) is 12.1. The van der Waals surface area contributed by atoms with Crippen LogP contribution >= 0.6 is 0 Å². The van der Waals surface area contributed by atoms with E-state index in [-0.39, 0.29) is 17.0 Å². The van der Waals surface area contributed by atoms with E-state index in [1.807, 2.05) is 24.8 Å². The van der Waals surface area contributed by atoms with Crippen molar-refractivity contribution in [3.63, 3.8) is 0 Å². The number of piperidine rings is 2. The van der Waals surface area contributed by atoms with Gasteiger partial charge < -0.3 is 19.9 Å². The van der Waals surface area contributed by atoms with Crippen molar-refractivity contribution < 1.29 is 9.53 Å². The maximum absolute atomic E-state index is 13.8. The highest BCUT2D eigenvalue weighted by atomic mass is 16.5. The number of anilines is 1. The fourth-order valence-electron chi connectivity index (χ4n) is 5.16. The second-order valence-electron chi connectivity index (χ2n) is 9.38. The van der Waals surface area contributed by atoms with E-state index < -0.39 is 6.04 Å². The fourth-order valence-corrected chi connectivity index (χ4v) is 5.16. The zero-order chi connectivity index (χ0) is 25.0. The Kier molecular flexibility index (Phi) is 7.37. The van der Waals surface area contributed by atoms with Crippen LogP contribution in [0.1, 0.15) is 42.8 Å². The highest BCUT2D eigenvalue weighted by Gasteiger charge is 2.46. The van der Waals surface area contributed by atoms with Gasteiger partial charge in [-0.25, -0.2) is 15.0 Å².